The van der Waals surface area contributed by atoms with E-state index in [2.05, 4.69) is 25.5 Å². The third-order valence-corrected chi connectivity index (χ3v) is 5.52. The summed E-state index contributed by atoms with van der Waals surface area (Å²) in [6.45, 7) is 9.36. The first-order valence-corrected chi connectivity index (χ1v) is 11.2. The van der Waals surface area contributed by atoms with Gasteiger partial charge in [-0.2, -0.15) is 0 Å². The van der Waals surface area contributed by atoms with Crippen LogP contribution in [0.15, 0.2) is 24.3 Å². The van der Waals surface area contributed by atoms with Gasteiger partial charge in [-0.25, -0.2) is 13.1 Å². The van der Waals surface area contributed by atoms with Crippen LogP contribution in [0.5, 0.6) is 5.75 Å². The summed E-state index contributed by atoms with van der Waals surface area (Å²) < 4.78 is 39.0. The average Bonchev–Trinajstić information content (AvgIpc) is 3.35. The fraction of sp³-hybridized carbons (Fsp3) is 0.700. The van der Waals surface area contributed by atoms with Gasteiger partial charge in [0, 0.05) is 12.6 Å². The number of benzene rings is 1. The lowest BCUT2D eigenvalue weighted by atomic mass is 9.99. The first-order valence-electron chi connectivity index (χ1n) is 9.53. The van der Waals surface area contributed by atoms with Crippen LogP contribution in [-0.4, -0.2) is 33.5 Å². The van der Waals surface area contributed by atoms with Crippen LogP contribution in [0.3, 0.4) is 0 Å². The summed E-state index contributed by atoms with van der Waals surface area (Å²) >= 11 is 0. The van der Waals surface area contributed by atoms with E-state index in [-0.39, 0.29) is 17.2 Å². The standard InChI is InChI=1S/C20H33NO4S/c1-5-19(16-8-6-9-18(14-16)25-17-10-11-17)21-26(22,23)13-7-12-24-15-20(2,3)4/h6,8-9,14,17,19,21H,5,7,10-13,15H2,1-4H3/t19-/m1/s1. The molecule has 1 aliphatic rings. The molecule has 1 N–H and O–H groups in total. The molecule has 1 aromatic rings. The van der Waals surface area contributed by atoms with E-state index in [1.165, 1.54) is 0 Å². The molecular formula is C20H33NO4S. The number of rotatable bonds is 11. The van der Waals surface area contributed by atoms with Gasteiger partial charge in [0.15, 0.2) is 0 Å². The zero-order valence-electron chi connectivity index (χ0n) is 16.5. The second kappa shape index (κ2) is 9.20. The molecule has 1 fully saturated rings. The number of sulfonamides is 1. The lowest BCUT2D eigenvalue weighted by molar-refractivity contribution is 0.0720. The van der Waals surface area contributed by atoms with E-state index in [1.807, 2.05) is 31.2 Å². The molecule has 1 aliphatic carbocycles. The number of hydrogen-bond donors (Lipinski definition) is 1. The van der Waals surface area contributed by atoms with Gasteiger partial charge in [0.1, 0.15) is 5.75 Å². The topological polar surface area (TPSA) is 64.6 Å². The minimum Gasteiger partial charge on any atom is -0.490 e. The van der Waals surface area contributed by atoms with E-state index in [0.29, 0.717) is 32.2 Å². The highest BCUT2D eigenvalue weighted by atomic mass is 32.2. The van der Waals surface area contributed by atoms with Gasteiger partial charge in [-0.15, -0.1) is 0 Å². The summed E-state index contributed by atoms with van der Waals surface area (Å²) in [5.74, 6) is 0.893. The molecule has 148 valence electrons. The van der Waals surface area contributed by atoms with Crippen molar-refractivity contribution in [2.75, 3.05) is 19.0 Å². The molecule has 0 radical (unpaired) electrons. The van der Waals surface area contributed by atoms with Crippen molar-refractivity contribution in [2.24, 2.45) is 5.41 Å². The van der Waals surface area contributed by atoms with Gasteiger partial charge in [-0.1, -0.05) is 39.8 Å². The van der Waals surface area contributed by atoms with Crippen LogP contribution in [0, 0.1) is 5.41 Å². The molecule has 0 spiro atoms. The first kappa shape index (κ1) is 21.2. The van der Waals surface area contributed by atoms with E-state index < -0.39 is 10.0 Å². The second-order valence-corrected chi connectivity index (χ2v) is 10.1. The van der Waals surface area contributed by atoms with Gasteiger partial charge in [0.05, 0.1) is 18.5 Å². The minimum atomic E-state index is -3.35. The summed E-state index contributed by atoms with van der Waals surface area (Å²) in [4.78, 5) is 0. The Labute approximate surface area is 158 Å². The van der Waals surface area contributed by atoms with E-state index in [1.54, 1.807) is 0 Å². The highest BCUT2D eigenvalue weighted by Crippen LogP contribution is 2.29. The molecule has 1 atom stereocenters. The molecule has 0 aliphatic heterocycles. The van der Waals surface area contributed by atoms with E-state index in [9.17, 15) is 8.42 Å². The van der Waals surface area contributed by atoms with Gasteiger partial charge in [-0.3, -0.25) is 0 Å². The number of hydrogen-bond acceptors (Lipinski definition) is 4. The van der Waals surface area contributed by atoms with E-state index in [4.69, 9.17) is 9.47 Å². The molecule has 0 bridgehead atoms. The van der Waals surface area contributed by atoms with Crippen LogP contribution >= 0.6 is 0 Å². The zero-order chi connectivity index (χ0) is 19.2. The first-order chi connectivity index (χ1) is 12.2. The molecule has 2 rings (SSSR count). The van der Waals surface area contributed by atoms with Crippen molar-refractivity contribution in [2.45, 2.75) is 65.5 Å². The van der Waals surface area contributed by atoms with Crippen LogP contribution < -0.4 is 9.46 Å². The van der Waals surface area contributed by atoms with Crippen molar-refractivity contribution >= 4 is 10.0 Å². The van der Waals surface area contributed by atoms with Crippen LogP contribution in [0.4, 0.5) is 0 Å². The van der Waals surface area contributed by atoms with Crippen LogP contribution in [-0.2, 0) is 14.8 Å². The predicted molar refractivity (Wildman–Crippen MR) is 105 cm³/mol. The normalized spacial score (nSPS) is 16.5. The smallest absolute Gasteiger partial charge is 0.212 e. The molecule has 0 unspecified atom stereocenters. The average molecular weight is 384 g/mol. The molecule has 0 amide bonds. The van der Waals surface area contributed by atoms with Crippen molar-refractivity contribution in [1.29, 1.82) is 0 Å². The lowest BCUT2D eigenvalue weighted by Crippen LogP contribution is -2.31. The van der Waals surface area contributed by atoms with Crippen molar-refractivity contribution in [1.82, 2.24) is 4.72 Å². The summed E-state index contributed by atoms with van der Waals surface area (Å²) in [6, 6.07) is 7.50. The van der Waals surface area contributed by atoms with Crippen molar-refractivity contribution in [3.63, 3.8) is 0 Å². The highest BCUT2D eigenvalue weighted by Gasteiger charge is 2.24. The van der Waals surface area contributed by atoms with Gasteiger partial charge >= 0.3 is 0 Å². The number of ether oxygens (including phenoxy) is 2. The Morgan fingerprint density at radius 3 is 2.62 bits per heavy atom. The Hall–Kier alpha value is -1.11. The highest BCUT2D eigenvalue weighted by molar-refractivity contribution is 7.89. The van der Waals surface area contributed by atoms with Gasteiger partial charge in [0.2, 0.25) is 10.0 Å². The molecule has 6 heteroatoms. The Morgan fingerprint density at radius 2 is 2.00 bits per heavy atom. The predicted octanol–water partition coefficient (Wildman–Crippen LogP) is 4.05. The maximum absolute atomic E-state index is 12.4. The SMILES string of the molecule is CC[C@@H](NS(=O)(=O)CCCOCC(C)(C)C)c1cccc(OC2CC2)c1. The Balaban J connectivity index is 1.85. The minimum absolute atomic E-state index is 0.0753. The van der Waals surface area contributed by atoms with Crippen LogP contribution in [0.2, 0.25) is 0 Å². The maximum Gasteiger partial charge on any atom is 0.212 e. The van der Waals surface area contributed by atoms with Crippen molar-refractivity contribution in [3.8, 4) is 5.75 Å². The Morgan fingerprint density at radius 1 is 1.27 bits per heavy atom. The lowest BCUT2D eigenvalue weighted by Gasteiger charge is -2.19. The van der Waals surface area contributed by atoms with Crippen molar-refractivity contribution in [3.05, 3.63) is 29.8 Å². The maximum atomic E-state index is 12.4. The number of nitrogens with one attached hydrogen (secondary N) is 1. The second-order valence-electron chi connectivity index (χ2n) is 8.25. The van der Waals surface area contributed by atoms with E-state index in [0.717, 1.165) is 24.2 Å². The zero-order valence-corrected chi connectivity index (χ0v) is 17.3. The third-order valence-electron chi connectivity index (χ3n) is 4.05. The molecule has 1 saturated carbocycles. The van der Waals surface area contributed by atoms with Crippen molar-refractivity contribution < 1.29 is 17.9 Å². The molecule has 0 heterocycles. The monoisotopic (exact) mass is 383 g/mol. The molecule has 26 heavy (non-hydrogen) atoms. The fourth-order valence-electron chi connectivity index (χ4n) is 2.58. The van der Waals surface area contributed by atoms with Gasteiger partial charge in [-0.05, 0) is 48.8 Å². The molecular weight excluding hydrogens is 350 g/mol. The quantitative estimate of drug-likeness (QED) is 0.586. The fourth-order valence-corrected chi connectivity index (χ4v) is 3.93. The summed E-state index contributed by atoms with van der Waals surface area (Å²) in [5, 5.41) is 0. The molecule has 0 aromatic heterocycles. The Kier molecular flexibility index (Phi) is 7.50. The van der Waals surface area contributed by atoms with Gasteiger partial charge in [0.25, 0.3) is 0 Å². The van der Waals surface area contributed by atoms with E-state index >= 15 is 0 Å². The molecule has 0 saturated heterocycles. The Bertz CT molecular complexity index is 663. The van der Waals surface area contributed by atoms with Crippen LogP contribution in [0.25, 0.3) is 0 Å². The van der Waals surface area contributed by atoms with Crippen LogP contribution in [0.1, 0.15) is 65.0 Å². The summed E-state index contributed by atoms with van der Waals surface area (Å²) in [6.07, 6.45) is 3.71. The molecule has 1 aromatic carbocycles. The summed E-state index contributed by atoms with van der Waals surface area (Å²) in [5.41, 5.74) is 1.04. The van der Waals surface area contributed by atoms with Gasteiger partial charge < -0.3 is 9.47 Å². The third kappa shape index (κ3) is 8.06. The molecule has 5 nitrogen and oxygen atoms in total. The summed E-state index contributed by atoms with van der Waals surface area (Å²) in [7, 11) is -3.35. The largest absolute Gasteiger partial charge is 0.490 e.